The number of amides is 1. The lowest BCUT2D eigenvalue weighted by Crippen LogP contribution is -2.34. The molecule has 1 aromatic rings. The minimum absolute atomic E-state index is 0.0927. The number of hydrogen-bond donors (Lipinski definition) is 2. The minimum atomic E-state index is -0.259. The van der Waals surface area contributed by atoms with Crippen molar-refractivity contribution in [1.29, 1.82) is 0 Å². The van der Waals surface area contributed by atoms with Crippen LogP contribution in [0.5, 0.6) is 0 Å². The average molecular weight is 240 g/mol. The summed E-state index contributed by atoms with van der Waals surface area (Å²) in [6.45, 7) is 4.59. The Balaban J connectivity index is 2.11. The largest absolute Gasteiger partial charge is 0.356 e. The van der Waals surface area contributed by atoms with E-state index in [1.165, 1.54) is 4.88 Å². The van der Waals surface area contributed by atoms with E-state index in [0.717, 1.165) is 12.8 Å². The molecule has 1 heterocycles. The van der Waals surface area contributed by atoms with Crippen LogP contribution < -0.4 is 11.1 Å². The molecule has 0 atom stereocenters. The Labute approximate surface area is 101 Å². The third-order valence-electron chi connectivity index (χ3n) is 2.27. The highest BCUT2D eigenvalue weighted by Crippen LogP contribution is 2.09. The van der Waals surface area contributed by atoms with Crippen LogP contribution in [0.4, 0.5) is 0 Å². The summed E-state index contributed by atoms with van der Waals surface area (Å²) in [7, 11) is 0. The maximum Gasteiger partial charge on any atom is 0.220 e. The standard InChI is InChI=1S/C12H20N2OS/c1-12(2,13)7-5-11(15)14-8-6-10-4-3-9-16-10/h3-4,9H,5-8,13H2,1-2H3,(H,14,15). The van der Waals surface area contributed by atoms with Gasteiger partial charge in [0, 0.05) is 23.4 Å². The third kappa shape index (κ3) is 5.88. The van der Waals surface area contributed by atoms with E-state index < -0.39 is 0 Å². The Morgan fingerprint density at radius 3 is 2.88 bits per heavy atom. The Bertz CT molecular complexity index is 314. The van der Waals surface area contributed by atoms with Gasteiger partial charge in [0.1, 0.15) is 0 Å². The molecule has 0 spiro atoms. The first-order valence-electron chi connectivity index (χ1n) is 5.55. The maximum atomic E-state index is 11.5. The molecule has 0 aliphatic rings. The predicted molar refractivity (Wildman–Crippen MR) is 68.5 cm³/mol. The van der Waals surface area contributed by atoms with E-state index in [-0.39, 0.29) is 11.4 Å². The SMILES string of the molecule is CC(C)(N)CCC(=O)NCCc1cccs1. The molecule has 1 amide bonds. The predicted octanol–water partition coefficient (Wildman–Crippen LogP) is 1.92. The molecule has 0 saturated heterocycles. The molecule has 0 fully saturated rings. The second-order valence-corrected chi connectivity index (χ2v) is 5.70. The molecule has 0 aliphatic heterocycles. The van der Waals surface area contributed by atoms with Crippen LogP contribution in [0.1, 0.15) is 31.6 Å². The Hall–Kier alpha value is -0.870. The van der Waals surface area contributed by atoms with Gasteiger partial charge in [-0.2, -0.15) is 0 Å². The summed E-state index contributed by atoms with van der Waals surface area (Å²) in [6, 6.07) is 4.11. The fourth-order valence-corrected chi connectivity index (χ4v) is 2.01. The van der Waals surface area contributed by atoms with Crippen LogP contribution in [0.2, 0.25) is 0 Å². The fraction of sp³-hybridized carbons (Fsp3) is 0.583. The zero-order valence-electron chi connectivity index (χ0n) is 9.95. The van der Waals surface area contributed by atoms with E-state index in [0.29, 0.717) is 13.0 Å². The lowest BCUT2D eigenvalue weighted by Gasteiger charge is -2.17. The Morgan fingerprint density at radius 2 is 2.31 bits per heavy atom. The van der Waals surface area contributed by atoms with Crippen LogP contribution in [0.15, 0.2) is 17.5 Å². The van der Waals surface area contributed by atoms with Gasteiger partial charge in [0.2, 0.25) is 5.91 Å². The maximum absolute atomic E-state index is 11.5. The van der Waals surface area contributed by atoms with Gasteiger partial charge in [-0.1, -0.05) is 6.07 Å². The zero-order chi connectivity index (χ0) is 12.0. The quantitative estimate of drug-likeness (QED) is 0.798. The van der Waals surface area contributed by atoms with E-state index in [2.05, 4.69) is 11.4 Å². The second kappa shape index (κ2) is 6.01. The molecule has 0 radical (unpaired) electrons. The second-order valence-electron chi connectivity index (χ2n) is 4.67. The summed E-state index contributed by atoms with van der Waals surface area (Å²) in [5.41, 5.74) is 5.55. The number of hydrogen-bond acceptors (Lipinski definition) is 3. The normalized spacial score (nSPS) is 11.4. The molecule has 0 aromatic carbocycles. The van der Waals surface area contributed by atoms with Gasteiger partial charge in [-0.25, -0.2) is 0 Å². The highest BCUT2D eigenvalue weighted by atomic mass is 32.1. The molecule has 1 aromatic heterocycles. The van der Waals surface area contributed by atoms with E-state index in [1.807, 2.05) is 25.3 Å². The highest BCUT2D eigenvalue weighted by Gasteiger charge is 2.12. The van der Waals surface area contributed by atoms with E-state index >= 15 is 0 Å². The van der Waals surface area contributed by atoms with Gasteiger partial charge in [0.25, 0.3) is 0 Å². The number of rotatable bonds is 6. The number of nitrogens with two attached hydrogens (primary N) is 1. The van der Waals surface area contributed by atoms with Crippen molar-refractivity contribution in [3.63, 3.8) is 0 Å². The lowest BCUT2D eigenvalue weighted by molar-refractivity contribution is -0.121. The van der Waals surface area contributed by atoms with Crippen LogP contribution in [-0.4, -0.2) is 18.0 Å². The molecule has 0 saturated carbocycles. The van der Waals surface area contributed by atoms with Crippen molar-refractivity contribution in [2.24, 2.45) is 5.73 Å². The molecule has 3 N–H and O–H groups in total. The van der Waals surface area contributed by atoms with E-state index in [4.69, 9.17) is 5.73 Å². The molecular weight excluding hydrogens is 220 g/mol. The summed E-state index contributed by atoms with van der Waals surface area (Å²) < 4.78 is 0. The minimum Gasteiger partial charge on any atom is -0.356 e. The summed E-state index contributed by atoms with van der Waals surface area (Å²) >= 11 is 1.72. The van der Waals surface area contributed by atoms with Gasteiger partial charge in [0.05, 0.1) is 0 Å². The third-order valence-corrected chi connectivity index (χ3v) is 3.21. The first-order valence-corrected chi connectivity index (χ1v) is 6.43. The number of carbonyl (C=O) groups excluding carboxylic acids is 1. The van der Waals surface area contributed by atoms with Crippen LogP contribution in [0, 0.1) is 0 Å². The molecule has 90 valence electrons. The van der Waals surface area contributed by atoms with Crippen LogP contribution in [-0.2, 0) is 11.2 Å². The molecule has 0 aliphatic carbocycles. The molecule has 4 heteroatoms. The average Bonchev–Trinajstić information content (AvgIpc) is 2.66. The monoisotopic (exact) mass is 240 g/mol. The molecular formula is C12H20N2OS. The number of carbonyl (C=O) groups is 1. The fourth-order valence-electron chi connectivity index (χ4n) is 1.30. The van der Waals surface area contributed by atoms with Gasteiger partial charge >= 0.3 is 0 Å². The summed E-state index contributed by atoms with van der Waals surface area (Å²) in [5, 5.41) is 4.96. The van der Waals surface area contributed by atoms with Crippen molar-refractivity contribution >= 4 is 17.2 Å². The Morgan fingerprint density at radius 1 is 1.56 bits per heavy atom. The van der Waals surface area contributed by atoms with Gasteiger partial charge in [0.15, 0.2) is 0 Å². The lowest BCUT2D eigenvalue weighted by atomic mass is 10.00. The molecule has 1 rings (SSSR count). The van der Waals surface area contributed by atoms with E-state index in [9.17, 15) is 4.79 Å². The number of thiophene rings is 1. The van der Waals surface area contributed by atoms with Gasteiger partial charge < -0.3 is 11.1 Å². The van der Waals surface area contributed by atoms with Crippen molar-refractivity contribution in [2.75, 3.05) is 6.54 Å². The summed E-state index contributed by atoms with van der Waals surface area (Å²) in [4.78, 5) is 12.8. The van der Waals surface area contributed by atoms with Crippen LogP contribution >= 0.6 is 11.3 Å². The van der Waals surface area contributed by atoms with Gasteiger partial charge in [-0.15, -0.1) is 11.3 Å². The summed E-state index contributed by atoms with van der Waals surface area (Å²) in [5.74, 6) is 0.0927. The molecule has 16 heavy (non-hydrogen) atoms. The number of nitrogens with one attached hydrogen (secondary N) is 1. The van der Waals surface area contributed by atoms with Gasteiger partial charge in [-0.05, 0) is 38.1 Å². The summed E-state index contributed by atoms with van der Waals surface area (Å²) in [6.07, 6.45) is 2.14. The van der Waals surface area contributed by atoms with Crippen molar-refractivity contribution in [3.05, 3.63) is 22.4 Å². The van der Waals surface area contributed by atoms with Crippen LogP contribution in [0.3, 0.4) is 0 Å². The molecule has 0 unspecified atom stereocenters. The zero-order valence-corrected chi connectivity index (χ0v) is 10.8. The molecule has 3 nitrogen and oxygen atoms in total. The first kappa shape index (κ1) is 13.2. The Kier molecular flexibility index (Phi) is 4.96. The first-order chi connectivity index (χ1) is 7.47. The van der Waals surface area contributed by atoms with E-state index in [1.54, 1.807) is 11.3 Å². The van der Waals surface area contributed by atoms with Crippen molar-refractivity contribution in [2.45, 2.75) is 38.6 Å². The topological polar surface area (TPSA) is 55.1 Å². The van der Waals surface area contributed by atoms with Crippen molar-refractivity contribution < 1.29 is 4.79 Å². The smallest absolute Gasteiger partial charge is 0.220 e. The van der Waals surface area contributed by atoms with Gasteiger partial charge in [-0.3, -0.25) is 4.79 Å². The van der Waals surface area contributed by atoms with Crippen molar-refractivity contribution in [3.8, 4) is 0 Å². The highest BCUT2D eigenvalue weighted by molar-refractivity contribution is 7.09. The van der Waals surface area contributed by atoms with Crippen LogP contribution in [0.25, 0.3) is 0 Å². The van der Waals surface area contributed by atoms with Crippen molar-refractivity contribution in [1.82, 2.24) is 5.32 Å². The molecule has 0 bridgehead atoms.